The van der Waals surface area contributed by atoms with Crippen LogP contribution in [-0.2, 0) is 0 Å². The molecule has 1 aliphatic heterocycles. The molecule has 0 atom stereocenters. The molecule has 85 valence electrons. The molecular weight excluding hydrogens is 194 g/mol. The zero-order valence-corrected chi connectivity index (χ0v) is 10.3. The molecule has 0 bridgehead atoms. The van der Waals surface area contributed by atoms with Gasteiger partial charge in [-0.2, -0.15) is 0 Å². The molecule has 1 nitrogen and oxygen atoms in total. The minimum absolute atomic E-state index is 1.11. The summed E-state index contributed by atoms with van der Waals surface area (Å²) in [7, 11) is 0. The van der Waals surface area contributed by atoms with Gasteiger partial charge in [-0.3, -0.25) is 0 Å². The van der Waals surface area contributed by atoms with Crippen molar-refractivity contribution in [2.45, 2.75) is 52.4 Å². The van der Waals surface area contributed by atoms with Crippen molar-refractivity contribution in [2.24, 2.45) is 4.99 Å². The van der Waals surface area contributed by atoms with E-state index < -0.39 is 0 Å². The van der Waals surface area contributed by atoms with Crippen LogP contribution in [0.4, 0.5) is 0 Å². The van der Waals surface area contributed by atoms with Gasteiger partial charge in [0.25, 0.3) is 0 Å². The van der Waals surface area contributed by atoms with Crippen LogP contribution in [0.1, 0.15) is 52.4 Å². The minimum atomic E-state index is 1.11. The van der Waals surface area contributed by atoms with Gasteiger partial charge in [-0.25, -0.2) is 4.99 Å². The first-order valence-corrected chi connectivity index (χ1v) is 6.48. The van der Waals surface area contributed by atoms with Gasteiger partial charge in [0.05, 0.1) is 6.21 Å². The maximum atomic E-state index is 4.44. The quantitative estimate of drug-likeness (QED) is 0.619. The average Bonchev–Trinajstić information content (AvgIpc) is 2.86. The molecular formula is C15H20N. The molecule has 0 saturated heterocycles. The molecule has 0 fully saturated rings. The monoisotopic (exact) mass is 214 g/mol. The van der Waals surface area contributed by atoms with E-state index in [1.807, 2.05) is 0 Å². The molecule has 0 amide bonds. The fourth-order valence-electron chi connectivity index (χ4n) is 2.24. The summed E-state index contributed by atoms with van der Waals surface area (Å²) in [5, 5.41) is 0. The van der Waals surface area contributed by atoms with E-state index in [2.05, 4.69) is 37.2 Å². The first-order chi connectivity index (χ1) is 7.86. The van der Waals surface area contributed by atoms with Crippen LogP contribution in [0.5, 0.6) is 0 Å². The van der Waals surface area contributed by atoms with E-state index >= 15 is 0 Å². The van der Waals surface area contributed by atoms with Crippen LogP contribution in [-0.4, -0.2) is 6.21 Å². The summed E-state index contributed by atoms with van der Waals surface area (Å²) in [4.78, 5) is 4.44. The standard InChI is InChI=1S/C15H20N/c1-3-5-7-12-9-10-13-11-16-14(15(12)13)8-6-4-2/h9-10H,3-8H2,1-2H3. The van der Waals surface area contributed by atoms with E-state index in [9.17, 15) is 0 Å². The highest BCUT2D eigenvalue weighted by molar-refractivity contribution is 5.94. The number of unbranched alkanes of at least 4 members (excludes halogenated alkanes) is 2. The fraction of sp³-hybridized carbons (Fsp3) is 0.533. The molecule has 1 heteroatoms. The third kappa shape index (κ3) is 2.18. The average molecular weight is 214 g/mol. The van der Waals surface area contributed by atoms with Gasteiger partial charge >= 0.3 is 0 Å². The highest BCUT2D eigenvalue weighted by Gasteiger charge is 2.22. The smallest absolute Gasteiger partial charge is 0.0975 e. The fourth-order valence-corrected chi connectivity index (χ4v) is 2.24. The number of aliphatic imine (C=N–C) groups is 1. The third-order valence-electron chi connectivity index (χ3n) is 3.21. The highest BCUT2D eigenvalue weighted by atomic mass is 14.8. The topological polar surface area (TPSA) is 12.4 Å². The van der Waals surface area contributed by atoms with E-state index in [4.69, 9.17) is 0 Å². The Labute approximate surface area is 98.7 Å². The number of nitrogens with zero attached hydrogens (tertiary/aromatic N) is 1. The van der Waals surface area contributed by atoms with E-state index in [0.717, 1.165) is 6.42 Å². The number of rotatable bonds is 6. The summed E-state index contributed by atoms with van der Waals surface area (Å²) in [6, 6.07) is 0. The van der Waals surface area contributed by atoms with Gasteiger partial charge in [0.2, 0.25) is 0 Å². The summed E-state index contributed by atoms with van der Waals surface area (Å²) in [6.07, 6.45) is 14.9. The van der Waals surface area contributed by atoms with Gasteiger partial charge in [-0.15, -0.1) is 0 Å². The van der Waals surface area contributed by atoms with Crippen molar-refractivity contribution in [3.05, 3.63) is 34.6 Å². The zero-order valence-electron chi connectivity index (χ0n) is 10.3. The molecule has 1 heterocycles. The lowest BCUT2D eigenvalue weighted by molar-refractivity contribution is 0.770. The molecule has 1 aliphatic carbocycles. The molecule has 0 N–H and O–H groups in total. The van der Waals surface area contributed by atoms with Crippen LogP contribution < -0.4 is 0 Å². The maximum absolute atomic E-state index is 4.44. The SMILES string of the molecule is CCCCC1=CC=C2[C]=NC(CCCC)=C21. The van der Waals surface area contributed by atoms with Crippen molar-refractivity contribution in [2.75, 3.05) is 0 Å². The Morgan fingerprint density at radius 3 is 2.56 bits per heavy atom. The van der Waals surface area contributed by atoms with Crippen molar-refractivity contribution in [1.82, 2.24) is 0 Å². The Hall–Kier alpha value is -1.11. The summed E-state index contributed by atoms with van der Waals surface area (Å²) >= 11 is 0. The second-order valence-electron chi connectivity index (χ2n) is 4.52. The maximum Gasteiger partial charge on any atom is 0.0975 e. The van der Waals surface area contributed by atoms with Crippen molar-refractivity contribution in [1.29, 1.82) is 0 Å². The van der Waals surface area contributed by atoms with Gasteiger partial charge in [-0.05, 0) is 31.3 Å². The number of hydrogen-bond acceptors (Lipinski definition) is 1. The predicted molar refractivity (Wildman–Crippen MR) is 69.7 cm³/mol. The van der Waals surface area contributed by atoms with E-state index in [1.54, 1.807) is 0 Å². The molecule has 2 rings (SSSR count). The second-order valence-corrected chi connectivity index (χ2v) is 4.52. The molecule has 0 unspecified atom stereocenters. The normalized spacial score (nSPS) is 17.9. The van der Waals surface area contributed by atoms with Crippen molar-refractivity contribution < 1.29 is 0 Å². The van der Waals surface area contributed by atoms with Gasteiger partial charge in [0.1, 0.15) is 0 Å². The third-order valence-corrected chi connectivity index (χ3v) is 3.21. The molecule has 0 spiro atoms. The first-order valence-electron chi connectivity index (χ1n) is 6.48. The Morgan fingerprint density at radius 2 is 1.81 bits per heavy atom. The molecule has 0 aromatic rings. The Kier molecular flexibility index (Phi) is 3.76. The predicted octanol–water partition coefficient (Wildman–Crippen LogP) is 4.45. The summed E-state index contributed by atoms with van der Waals surface area (Å²) < 4.78 is 0. The van der Waals surface area contributed by atoms with Crippen LogP contribution in [0, 0.1) is 0 Å². The highest BCUT2D eigenvalue weighted by Crippen LogP contribution is 2.37. The van der Waals surface area contributed by atoms with Crippen molar-refractivity contribution >= 4 is 6.21 Å². The lowest BCUT2D eigenvalue weighted by Crippen LogP contribution is -1.91. The number of allylic oxidation sites excluding steroid dienone is 6. The summed E-state index contributed by atoms with van der Waals surface area (Å²) in [6.45, 7) is 4.47. The molecule has 0 aromatic carbocycles. The van der Waals surface area contributed by atoms with Crippen molar-refractivity contribution in [3.63, 3.8) is 0 Å². The first kappa shape index (κ1) is 11.4. The van der Waals surface area contributed by atoms with Crippen LogP contribution in [0.15, 0.2) is 39.6 Å². The largest absolute Gasteiger partial charge is 0.250 e. The van der Waals surface area contributed by atoms with E-state index in [0.29, 0.717) is 0 Å². The minimum Gasteiger partial charge on any atom is -0.250 e. The number of hydrogen-bond donors (Lipinski definition) is 0. The van der Waals surface area contributed by atoms with Crippen LogP contribution in [0.3, 0.4) is 0 Å². The Morgan fingerprint density at radius 1 is 1.06 bits per heavy atom. The van der Waals surface area contributed by atoms with Gasteiger partial charge in [0.15, 0.2) is 0 Å². The van der Waals surface area contributed by atoms with Crippen LogP contribution >= 0.6 is 0 Å². The van der Waals surface area contributed by atoms with Crippen LogP contribution in [0.25, 0.3) is 0 Å². The molecule has 1 radical (unpaired) electrons. The second kappa shape index (κ2) is 5.29. The van der Waals surface area contributed by atoms with E-state index in [1.165, 1.54) is 54.5 Å². The van der Waals surface area contributed by atoms with Crippen molar-refractivity contribution in [3.8, 4) is 0 Å². The molecule has 16 heavy (non-hydrogen) atoms. The summed E-state index contributed by atoms with van der Waals surface area (Å²) in [5.41, 5.74) is 5.38. The Balaban J connectivity index is 2.09. The molecule has 0 aromatic heterocycles. The lowest BCUT2D eigenvalue weighted by Gasteiger charge is -2.07. The van der Waals surface area contributed by atoms with E-state index in [-0.39, 0.29) is 0 Å². The lowest BCUT2D eigenvalue weighted by atomic mass is 9.97. The zero-order chi connectivity index (χ0) is 11.4. The number of fused-ring (bicyclic) bond motifs is 1. The van der Waals surface area contributed by atoms with Crippen LogP contribution in [0.2, 0.25) is 0 Å². The molecule has 2 aliphatic rings. The van der Waals surface area contributed by atoms with Gasteiger partial charge < -0.3 is 0 Å². The Bertz CT molecular complexity index is 380. The van der Waals surface area contributed by atoms with Gasteiger partial charge in [0, 0.05) is 16.8 Å². The molecule has 0 saturated carbocycles. The van der Waals surface area contributed by atoms with Gasteiger partial charge in [-0.1, -0.05) is 38.8 Å². The summed E-state index contributed by atoms with van der Waals surface area (Å²) in [5.74, 6) is 0.